The third kappa shape index (κ3) is 4.03. The van der Waals surface area contributed by atoms with Crippen LogP contribution in [-0.4, -0.2) is 32.6 Å². The van der Waals surface area contributed by atoms with E-state index in [9.17, 15) is 18.3 Å². The van der Waals surface area contributed by atoms with E-state index in [0.717, 1.165) is 25.9 Å². The predicted molar refractivity (Wildman–Crippen MR) is 95.3 cm³/mol. The monoisotopic (exact) mass is 362 g/mol. The fourth-order valence-electron chi connectivity index (χ4n) is 2.82. The van der Waals surface area contributed by atoms with Crippen LogP contribution in [0.3, 0.4) is 0 Å². The van der Waals surface area contributed by atoms with Gasteiger partial charge in [-0.25, -0.2) is 13.2 Å². The first-order chi connectivity index (χ1) is 12.0. The standard InChI is InChI=1S/C17H18N2O5S/c20-17(21)12-10-14(18-25(22)23)16(24-13-6-2-1-3-7-13)15(11-12)19-8-4-5-9-19/h1-3,6-7,10-11,25H,4-5,8-9H2,(H,20,21)(H,18,22,23). The molecule has 0 atom stereocenters. The minimum Gasteiger partial charge on any atom is -0.478 e. The van der Waals surface area contributed by atoms with E-state index in [2.05, 4.69) is 4.72 Å². The zero-order valence-electron chi connectivity index (χ0n) is 13.3. The van der Waals surface area contributed by atoms with Crippen LogP contribution < -0.4 is 14.4 Å². The second-order valence-corrected chi connectivity index (χ2v) is 6.39. The Bertz CT molecular complexity index is 838. The lowest BCUT2D eigenvalue weighted by Crippen LogP contribution is -2.19. The van der Waals surface area contributed by atoms with Crippen molar-refractivity contribution >= 4 is 28.2 Å². The molecule has 0 saturated carbocycles. The maximum atomic E-state index is 11.4. The lowest BCUT2D eigenvalue weighted by Gasteiger charge is -2.23. The number of benzene rings is 2. The van der Waals surface area contributed by atoms with Gasteiger partial charge in [-0.3, -0.25) is 4.72 Å². The van der Waals surface area contributed by atoms with Gasteiger partial charge in [-0.2, -0.15) is 0 Å². The van der Waals surface area contributed by atoms with Gasteiger partial charge >= 0.3 is 5.97 Å². The fourth-order valence-corrected chi connectivity index (χ4v) is 3.19. The molecular weight excluding hydrogens is 344 g/mol. The number of para-hydroxylation sites is 1. The molecule has 1 heterocycles. The minimum atomic E-state index is -2.97. The molecule has 0 aromatic heterocycles. The molecule has 0 bridgehead atoms. The van der Waals surface area contributed by atoms with Gasteiger partial charge in [0.25, 0.3) is 0 Å². The molecule has 2 aromatic rings. The van der Waals surface area contributed by atoms with Crippen LogP contribution in [0.5, 0.6) is 11.5 Å². The van der Waals surface area contributed by atoms with Gasteiger partial charge in [-0.15, -0.1) is 0 Å². The number of anilines is 2. The second-order valence-electron chi connectivity index (χ2n) is 5.66. The van der Waals surface area contributed by atoms with Gasteiger partial charge < -0.3 is 14.7 Å². The van der Waals surface area contributed by atoms with Crippen LogP contribution in [0.2, 0.25) is 0 Å². The molecule has 7 nitrogen and oxygen atoms in total. The molecule has 132 valence electrons. The molecule has 0 radical (unpaired) electrons. The number of hydrogen-bond donors (Lipinski definition) is 3. The van der Waals surface area contributed by atoms with Crippen molar-refractivity contribution in [2.24, 2.45) is 0 Å². The van der Waals surface area contributed by atoms with Gasteiger partial charge in [0, 0.05) is 13.1 Å². The van der Waals surface area contributed by atoms with Gasteiger partial charge in [0.1, 0.15) is 5.75 Å². The van der Waals surface area contributed by atoms with Crippen molar-refractivity contribution in [1.29, 1.82) is 0 Å². The molecule has 1 aliphatic heterocycles. The molecule has 0 unspecified atom stereocenters. The third-order valence-electron chi connectivity index (χ3n) is 3.94. The van der Waals surface area contributed by atoms with Crippen LogP contribution in [0.15, 0.2) is 42.5 Å². The molecule has 0 aliphatic carbocycles. The molecule has 3 rings (SSSR count). The van der Waals surface area contributed by atoms with Crippen LogP contribution in [0.25, 0.3) is 0 Å². The highest BCUT2D eigenvalue weighted by atomic mass is 32.2. The summed E-state index contributed by atoms with van der Waals surface area (Å²) in [6, 6.07) is 11.7. The first-order valence-corrected chi connectivity index (χ1v) is 9.02. The average Bonchev–Trinajstić information content (AvgIpc) is 3.11. The summed E-state index contributed by atoms with van der Waals surface area (Å²) in [7, 11) is -2.97. The van der Waals surface area contributed by atoms with Crippen molar-refractivity contribution in [3.63, 3.8) is 0 Å². The minimum absolute atomic E-state index is 0.00154. The van der Waals surface area contributed by atoms with Crippen LogP contribution in [0.4, 0.5) is 11.4 Å². The van der Waals surface area contributed by atoms with Crippen molar-refractivity contribution in [2.75, 3.05) is 22.7 Å². The smallest absolute Gasteiger partial charge is 0.335 e. The number of rotatable bonds is 6. The normalized spacial score (nSPS) is 13.9. The second kappa shape index (κ2) is 7.43. The Hall–Kier alpha value is -2.74. The van der Waals surface area contributed by atoms with Gasteiger partial charge in [0.05, 0.1) is 16.9 Å². The molecule has 0 amide bonds. The van der Waals surface area contributed by atoms with E-state index >= 15 is 0 Å². The fraction of sp³-hybridized carbons (Fsp3) is 0.235. The molecule has 1 aliphatic rings. The summed E-state index contributed by atoms with van der Waals surface area (Å²) < 4.78 is 30.6. The average molecular weight is 362 g/mol. The quantitative estimate of drug-likeness (QED) is 0.684. The number of carboxylic acid groups (broad SMARTS) is 1. The predicted octanol–water partition coefficient (Wildman–Crippen LogP) is 2.72. The number of carbonyl (C=O) groups is 1. The van der Waals surface area contributed by atoms with Crippen molar-refractivity contribution < 1.29 is 23.1 Å². The number of aromatic carboxylic acids is 1. The maximum absolute atomic E-state index is 11.4. The van der Waals surface area contributed by atoms with E-state index in [4.69, 9.17) is 4.74 Å². The zero-order chi connectivity index (χ0) is 17.8. The van der Waals surface area contributed by atoms with E-state index in [-0.39, 0.29) is 11.3 Å². The van der Waals surface area contributed by atoms with E-state index in [1.165, 1.54) is 12.1 Å². The number of nitrogens with zero attached hydrogens (tertiary/aromatic N) is 1. The molecule has 1 fully saturated rings. The molecular formula is C17H18N2O5S. The Balaban J connectivity index is 2.14. The third-order valence-corrected chi connectivity index (χ3v) is 4.36. The summed E-state index contributed by atoms with van der Waals surface area (Å²) in [4.78, 5) is 13.4. The van der Waals surface area contributed by atoms with E-state index < -0.39 is 16.9 Å². The van der Waals surface area contributed by atoms with Crippen molar-refractivity contribution in [1.82, 2.24) is 0 Å². The Labute approximate surface area is 146 Å². The molecule has 25 heavy (non-hydrogen) atoms. The first-order valence-electron chi connectivity index (χ1n) is 7.85. The Morgan fingerprint density at radius 3 is 2.40 bits per heavy atom. The summed E-state index contributed by atoms with van der Waals surface area (Å²) in [6.45, 7) is 1.52. The zero-order valence-corrected chi connectivity index (χ0v) is 14.2. The lowest BCUT2D eigenvalue weighted by atomic mass is 10.1. The highest BCUT2D eigenvalue weighted by molar-refractivity contribution is 7.73. The molecule has 0 spiro atoms. The largest absolute Gasteiger partial charge is 0.478 e. The number of carboxylic acids is 1. The van der Waals surface area contributed by atoms with Crippen LogP contribution in [0.1, 0.15) is 23.2 Å². The number of hydrogen-bond acceptors (Lipinski definition) is 5. The number of thiol groups is 1. The molecule has 2 N–H and O–H groups in total. The van der Waals surface area contributed by atoms with E-state index in [1.54, 1.807) is 24.3 Å². The highest BCUT2D eigenvalue weighted by Crippen LogP contribution is 2.41. The van der Waals surface area contributed by atoms with E-state index in [0.29, 0.717) is 17.2 Å². The Morgan fingerprint density at radius 2 is 1.80 bits per heavy atom. The molecule has 1 saturated heterocycles. The molecule has 2 aromatic carbocycles. The highest BCUT2D eigenvalue weighted by Gasteiger charge is 2.23. The topological polar surface area (TPSA) is 95.9 Å². The van der Waals surface area contributed by atoms with Crippen molar-refractivity contribution in [2.45, 2.75) is 12.8 Å². The molecule has 8 heteroatoms. The van der Waals surface area contributed by atoms with Crippen LogP contribution in [-0.2, 0) is 10.9 Å². The lowest BCUT2D eigenvalue weighted by molar-refractivity contribution is 0.0697. The Morgan fingerprint density at radius 1 is 1.12 bits per heavy atom. The van der Waals surface area contributed by atoms with Crippen molar-refractivity contribution in [3.05, 3.63) is 48.0 Å². The van der Waals surface area contributed by atoms with E-state index in [1.807, 2.05) is 11.0 Å². The van der Waals surface area contributed by atoms with Crippen LogP contribution >= 0.6 is 0 Å². The summed E-state index contributed by atoms with van der Waals surface area (Å²) in [5, 5.41) is 9.35. The van der Waals surface area contributed by atoms with Gasteiger partial charge in [-0.05, 0) is 37.1 Å². The SMILES string of the molecule is O=C(O)c1cc(N[SH](=O)=O)c(Oc2ccccc2)c(N2CCCC2)c1. The maximum Gasteiger partial charge on any atom is 0.335 e. The summed E-state index contributed by atoms with van der Waals surface area (Å²) in [5.41, 5.74) is 0.684. The van der Waals surface area contributed by atoms with Gasteiger partial charge in [-0.1, -0.05) is 18.2 Å². The van der Waals surface area contributed by atoms with Crippen molar-refractivity contribution in [3.8, 4) is 11.5 Å². The Kier molecular flexibility index (Phi) is 5.08. The van der Waals surface area contributed by atoms with Gasteiger partial charge in [0.15, 0.2) is 5.75 Å². The van der Waals surface area contributed by atoms with Crippen LogP contribution in [0, 0.1) is 0 Å². The summed E-state index contributed by atoms with van der Waals surface area (Å²) in [5.74, 6) is -0.289. The summed E-state index contributed by atoms with van der Waals surface area (Å²) >= 11 is 0. The first kappa shape index (κ1) is 17.1. The summed E-state index contributed by atoms with van der Waals surface area (Å²) in [6.07, 6.45) is 1.97. The van der Waals surface area contributed by atoms with Gasteiger partial charge in [0.2, 0.25) is 10.9 Å². The number of ether oxygens (including phenoxy) is 1. The number of nitrogens with one attached hydrogen (secondary N) is 1.